The number of hydrogen-bond acceptors (Lipinski definition) is 6. The molecule has 0 atom stereocenters. The Morgan fingerprint density at radius 2 is 1.60 bits per heavy atom. The molecule has 0 aliphatic heterocycles. The quantitative estimate of drug-likeness (QED) is 0.269. The number of benzene rings is 3. The minimum Gasteiger partial charge on any atom is -0.508 e. The maximum atomic E-state index is 13.4. The fraction of sp³-hybridized carbons (Fsp3) is 0.469. The van der Waals surface area contributed by atoms with Crippen LogP contribution in [0.25, 0.3) is 21.9 Å². The molecule has 218 valence electrons. The molecular formula is C32H45NO6Si. The predicted octanol–water partition coefficient (Wildman–Crippen LogP) is 7.57. The smallest absolute Gasteiger partial charge is 0.415 e. The molecule has 7 nitrogen and oxygen atoms in total. The average molecular weight is 568 g/mol. The highest BCUT2D eigenvalue weighted by Gasteiger charge is 2.42. The highest BCUT2D eigenvalue weighted by atomic mass is 28.3. The van der Waals surface area contributed by atoms with Gasteiger partial charge in [-0.05, 0) is 57.0 Å². The van der Waals surface area contributed by atoms with Crippen LogP contribution in [0.4, 0.5) is 4.79 Å². The summed E-state index contributed by atoms with van der Waals surface area (Å²) in [5.41, 5.74) is 1.33. The van der Waals surface area contributed by atoms with Crippen LogP contribution < -0.4 is 24.1 Å². The summed E-state index contributed by atoms with van der Waals surface area (Å²) in [7, 11) is 0.948. The van der Waals surface area contributed by atoms with Gasteiger partial charge in [0, 0.05) is 34.8 Å². The van der Waals surface area contributed by atoms with E-state index < -0.39 is 14.2 Å². The monoisotopic (exact) mass is 567 g/mol. The summed E-state index contributed by atoms with van der Waals surface area (Å²) in [5, 5.41) is 13.3. The van der Waals surface area contributed by atoms with Crippen LogP contribution in [0, 0.1) is 0 Å². The van der Waals surface area contributed by atoms with E-state index >= 15 is 0 Å². The Bertz CT molecular complexity index is 1370. The molecule has 0 aliphatic carbocycles. The summed E-state index contributed by atoms with van der Waals surface area (Å²) in [4.78, 5) is 15.0. The lowest BCUT2D eigenvalue weighted by Crippen LogP contribution is -2.50. The van der Waals surface area contributed by atoms with Crippen molar-refractivity contribution in [2.24, 2.45) is 0 Å². The highest BCUT2D eigenvalue weighted by Crippen LogP contribution is 2.49. The van der Waals surface area contributed by atoms with Crippen molar-refractivity contribution in [2.45, 2.75) is 72.7 Å². The van der Waals surface area contributed by atoms with Gasteiger partial charge in [0.15, 0.2) is 0 Å². The summed E-state index contributed by atoms with van der Waals surface area (Å²) in [6.45, 7) is 19.8. The van der Waals surface area contributed by atoms with Crippen molar-refractivity contribution in [1.82, 2.24) is 4.90 Å². The first-order valence-corrected chi connectivity index (χ1v) is 16.9. The topological polar surface area (TPSA) is 77.5 Å². The Morgan fingerprint density at radius 3 is 2.12 bits per heavy atom. The lowest BCUT2D eigenvalue weighted by atomic mass is 9.97. The van der Waals surface area contributed by atoms with E-state index in [1.54, 1.807) is 25.2 Å². The fourth-order valence-electron chi connectivity index (χ4n) is 4.82. The molecule has 3 aromatic carbocycles. The SMILES string of the molecule is CCN(CC)C(=O)Oc1c(-c2ccc(O)c([Si](C)(C)C(C)(C)C)c2OC)cc(OC)c2c(OC(C)C)cccc12. The highest BCUT2D eigenvalue weighted by molar-refractivity contribution is 6.93. The number of rotatable bonds is 9. The standard InChI is InChI=1S/C32H45NO6Si/c1-12-33(13-2)31(35)39-28-22-15-14-16-25(38-20(3)4)27(22)26(36-8)19-23(28)21-17-18-24(34)30(29(21)37-9)40(10,11)32(5,6)7/h14-20,34H,12-13H2,1-11H3. The molecule has 0 bridgehead atoms. The third kappa shape index (κ3) is 5.73. The van der Waals surface area contributed by atoms with Gasteiger partial charge in [0.1, 0.15) is 28.7 Å². The molecule has 0 fully saturated rings. The van der Waals surface area contributed by atoms with Gasteiger partial charge in [0.25, 0.3) is 0 Å². The second-order valence-corrected chi connectivity index (χ2v) is 17.0. The van der Waals surface area contributed by atoms with Gasteiger partial charge < -0.3 is 29.0 Å². The van der Waals surface area contributed by atoms with E-state index in [1.807, 2.05) is 58.0 Å². The lowest BCUT2D eigenvalue weighted by molar-refractivity contribution is 0.158. The number of fused-ring (bicyclic) bond motifs is 1. The number of amides is 1. The summed E-state index contributed by atoms with van der Waals surface area (Å²) in [6, 6.07) is 11.1. The average Bonchev–Trinajstić information content (AvgIpc) is 2.88. The number of ether oxygens (including phenoxy) is 4. The maximum absolute atomic E-state index is 13.4. The fourth-order valence-corrected chi connectivity index (χ4v) is 7.10. The molecule has 3 aromatic rings. The van der Waals surface area contributed by atoms with Gasteiger partial charge >= 0.3 is 6.09 Å². The lowest BCUT2D eigenvalue weighted by Gasteiger charge is -2.38. The Kier molecular flexibility index (Phi) is 9.34. The first-order chi connectivity index (χ1) is 18.7. The van der Waals surface area contributed by atoms with Gasteiger partial charge in [-0.2, -0.15) is 0 Å². The van der Waals surface area contributed by atoms with Crippen molar-refractivity contribution in [3.8, 4) is 39.9 Å². The second-order valence-electron chi connectivity index (χ2n) is 11.8. The van der Waals surface area contributed by atoms with E-state index in [4.69, 9.17) is 18.9 Å². The number of phenols is 1. The first kappa shape index (κ1) is 31.1. The largest absolute Gasteiger partial charge is 0.508 e. The van der Waals surface area contributed by atoms with Crippen LogP contribution in [0.15, 0.2) is 36.4 Å². The van der Waals surface area contributed by atoms with E-state index in [0.717, 1.165) is 5.19 Å². The van der Waals surface area contributed by atoms with Crippen LogP contribution >= 0.6 is 0 Å². The first-order valence-electron chi connectivity index (χ1n) is 13.9. The Labute approximate surface area is 240 Å². The number of carbonyl (C=O) groups excluding carboxylic acids is 1. The molecule has 0 aliphatic rings. The van der Waals surface area contributed by atoms with Gasteiger partial charge in [-0.15, -0.1) is 0 Å². The molecule has 1 N–H and O–H groups in total. The van der Waals surface area contributed by atoms with Gasteiger partial charge in [0.2, 0.25) is 0 Å². The van der Waals surface area contributed by atoms with Crippen molar-refractivity contribution in [2.75, 3.05) is 27.3 Å². The van der Waals surface area contributed by atoms with E-state index in [0.29, 0.717) is 58.0 Å². The van der Waals surface area contributed by atoms with Crippen molar-refractivity contribution in [3.05, 3.63) is 36.4 Å². The normalized spacial score (nSPS) is 12.0. The molecule has 0 spiro atoms. The number of hydrogen-bond donors (Lipinski definition) is 1. The third-order valence-corrected chi connectivity index (χ3v) is 13.4. The molecular weight excluding hydrogens is 522 g/mol. The zero-order valence-corrected chi connectivity index (χ0v) is 26.9. The molecule has 0 saturated carbocycles. The molecule has 1 amide bonds. The van der Waals surface area contributed by atoms with E-state index in [9.17, 15) is 9.90 Å². The number of carbonyl (C=O) groups is 1. The number of nitrogens with zero attached hydrogens (tertiary/aromatic N) is 1. The molecule has 0 aromatic heterocycles. The van der Waals surface area contributed by atoms with Crippen LogP contribution in [0.3, 0.4) is 0 Å². The van der Waals surface area contributed by atoms with Crippen LogP contribution in [-0.2, 0) is 0 Å². The van der Waals surface area contributed by atoms with E-state index in [2.05, 4.69) is 33.9 Å². The van der Waals surface area contributed by atoms with Crippen molar-refractivity contribution in [1.29, 1.82) is 0 Å². The Hall–Kier alpha value is -3.39. The molecule has 8 heteroatoms. The van der Waals surface area contributed by atoms with E-state index in [1.165, 1.54) is 0 Å². The number of methoxy groups -OCH3 is 2. The number of aromatic hydroxyl groups is 1. The van der Waals surface area contributed by atoms with Gasteiger partial charge in [-0.3, -0.25) is 0 Å². The molecule has 0 heterocycles. The maximum Gasteiger partial charge on any atom is 0.415 e. The zero-order chi connectivity index (χ0) is 30.0. The van der Waals surface area contributed by atoms with Crippen molar-refractivity contribution >= 4 is 30.1 Å². The zero-order valence-electron chi connectivity index (χ0n) is 25.9. The minimum atomic E-state index is -2.28. The van der Waals surface area contributed by atoms with Crippen molar-refractivity contribution < 1.29 is 28.8 Å². The molecule has 40 heavy (non-hydrogen) atoms. The summed E-state index contributed by atoms with van der Waals surface area (Å²) < 4.78 is 24.3. The van der Waals surface area contributed by atoms with Crippen LogP contribution in [0.5, 0.6) is 28.7 Å². The predicted molar refractivity (Wildman–Crippen MR) is 166 cm³/mol. The summed E-state index contributed by atoms with van der Waals surface area (Å²) in [6.07, 6.45) is -0.517. The van der Waals surface area contributed by atoms with Crippen LogP contribution in [-0.4, -0.2) is 57.6 Å². The number of phenolic OH excluding ortho intramolecular Hbond substituents is 1. The van der Waals surface area contributed by atoms with Crippen molar-refractivity contribution in [3.63, 3.8) is 0 Å². The molecule has 0 saturated heterocycles. The molecule has 0 radical (unpaired) electrons. The summed E-state index contributed by atoms with van der Waals surface area (Å²) in [5.74, 6) is 2.37. The second kappa shape index (κ2) is 12.0. The van der Waals surface area contributed by atoms with Crippen LogP contribution in [0.1, 0.15) is 48.5 Å². The minimum absolute atomic E-state index is 0.0685. The van der Waals surface area contributed by atoms with Gasteiger partial charge in [-0.1, -0.05) is 46.0 Å². The van der Waals surface area contributed by atoms with Gasteiger partial charge in [0.05, 0.1) is 33.8 Å². The molecule has 0 unspecified atom stereocenters. The van der Waals surface area contributed by atoms with Crippen LogP contribution in [0.2, 0.25) is 18.1 Å². The Balaban J connectivity index is 2.49. The Morgan fingerprint density at radius 1 is 0.950 bits per heavy atom. The summed E-state index contributed by atoms with van der Waals surface area (Å²) >= 11 is 0. The van der Waals surface area contributed by atoms with E-state index in [-0.39, 0.29) is 16.9 Å². The third-order valence-electron chi connectivity index (χ3n) is 7.96. The van der Waals surface area contributed by atoms with Gasteiger partial charge in [-0.25, -0.2) is 4.79 Å². The molecule has 3 rings (SSSR count).